The Labute approximate surface area is 165 Å². The summed E-state index contributed by atoms with van der Waals surface area (Å²) in [6.45, 7) is 5.05. The van der Waals surface area contributed by atoms with E-state index in [9.17, 15) is 9.59 Å². The van der Waals surface area contributed by atoms with Crippen molar-refractivity contribution in [3.8, 4) is 11.5 Å². The summed E-state index contributed by atoms with van der Waals surface area (Å²) in [5.74, 6) is 0.240. The highest BCUT2D eigenvalue weighted by Gasteiger charge is 2.27. The molecule has 0 fully saturated rings. The number of benzene rings is 2. The Morgan fingerprint density at radius 2 is 1.86 bits per heavy atom. The summed E-state index contributed by atoms with van der Waals surface area (Å²) in [6, 6.07) is 12.9. The van der Waals surface area contributed by atoms with Crippen molar-refractivity contribution in [1.82, 2.24) is 4.90 Å². The Hall–Kier alpha value is -3.02. The summed E-state index contributed by atoms with van der Waals surface area (Å²) in [5, 5.41) is 0. The molecule has 0 bridgehead atoms. The minimum atomic E-state index is -0.865. The SMILES string of the molecule is CCOc1cc(C(=O)OC(C)C(=O)N2CCc3ccccc3C2)ccc1OC. The summed E-state index contributed by atoms with van der Waals surface area (Å²) in [4.78, 5) is 27.0. The molecular formula is C22H25NO5. The van der Waals surface area contributed by atoms with Crippen molar-refractivity contribution < 1.29 is 23.8 Å². The fourth-order valence-electron chi connectivity index (χ4n) is 3.29. The van der Waals surface area contributed by atoms with Crippen LogP contribution in [0.1, 0.15) is 35.3 Å². The van der Waals surface area contributed by atoms with Crippen LogP contribution in [0.5, 0.6) is 11.5 Å². The summed E-state index contributed by atoms with van der Waals surface area (Å²) >= 11 is 0. The lowest BCUT2D eigenvalue weighted by Gasteiger charge is -2.30. The van der Waals surface area contributed by atoms with Crippen LogP contribution in [0.15, 0.2) is 42.5 Å². The number of carbonyl (C=O) groups excluding carboxylic acids is 2. The Morgan fingerprint density at radius 3 is 2.57 bits per heavy atom. The maximum Gasteiger partial charge on any atom is 0.339 e. The van der Waals surface area contributed by atoms with Gasteiger partial charge in [0.25, 0.3) is 5.91 Å². The molecule has 148 valence electrons. The number of nitrogens with zero attached hydrogens (tertiary/aromatic N) is 1. The number of esters is 1. The molecular weight excluding hydrogens is 358 g/mol. The number of hydrogen-bond acceptors (Lipinski definition) is 5. The molecule has 6 heteroatoms. The number of rotatable bonds is 6. The highest BCUT2D eigenvalue weighted by atomic mass is 16.5. The van der Waals surface area contributed by atoms with E-state index >= 15 is 0 Å². The Balaban J connectivity index is 1.66. The van der Waals surface area contributed by atoms with E-state index in [-0.39, 0.29) is 5.91 Å². The Kier molecular flexibility index (Phi) is 6.19. The molecule has 0 saturated heterocycles. The monoisotopic (exact) mass is 383 g/mol. The third-order valence-corrected chi connectivity index (χ3v) is 4.77. The third kappa shape index (κ3) is 4.27. The van der Waals surface area contributed by atoms with Gasteiger partial charge in [0.1, 0.15) is 0 Å². The van der Waals surface area contributed by atoms with E-state index in [1.807, 2.05) is 25.1 Å². The van der Waals surface area contributed by atoms with Crippen molar-refractivity contribution in [3.63, 3.8) is 0 Å². The zero-order chi connectivity index (χ0) is 20.1. The van der Waals surface area contributed by atoms with Crippen molar-refractivity contribution in [2.75, 3.05) is 20.3 Å². The second kappa shape index (κ2) is 8.78. The van der Waals surface area contributed by atoms with Crippen LogP contribution >= 0.6 is 0 Å². The first-order chi connectivity index (χ1) is 13.5. The zero-order valence-corrected chi connectivity index (χ0v) is 16.4. The molecule has 1 aliphatic rings. The summed E-state index contributed by atoms with van der Waals surface area (Å²) < 4.78 is 16.1. The van der Waals surface area contributed by atoms with Crippen LogP contribution in [0.3, 0.4) is 0 Å². The van der Waals surface area contributed by atoms with E-state index in [0.29, 0.717) is 36.8 Å². The molecule has 6 nitrogen and oxygen atoms in total. The lowest BCUT2D eigenvalue weighted by atomic mass is 9.99. The fourth-order valence-corrected chi connectivity index (χ4v) is 3.29. The lowest BCUT2D eigenvalue weighted by molar-refractivity contribution is -0.140. The van der Waals surface area contributed by atoms with Gasteiger partial charge < -0.3 is 19.1 Å². The van der Waals surface area contributed by atoms with Crippen LogP contribution in [0, 0.1) is 0 Å². The van der Waals surface area contributed by atoms with E-state index < -0.39 is 12.1 Å². The number of fused-ring (bicyclic) bond motifs is 1. The van der Waals surface area contributed by atoms with E-state index in [1.165, 1.54) is 12.7 Å². The maximum absolute atomic E-state index is 12.7. The van der Waals surface area contributed by atoms with Gasteiger partial charge in [-0.2, -0.15) is 0 Å². The Bertz CT molecular complexity index is 864. The predicted molar refractivity (Wildman–Crippen MR) is 105 cm³/mol. The van der Waals surface area contributed by atoms with E-state index in [1.54, 1.807) is 30.0 Å². The number of carbonyl (C=O) groups is 2. The molecule has 0 aliphatic carbocycles. The van der Waals surface area contributed by atoms with Crippen molar-refractivity contribution in [3.05, 3.63) is 59.2 Å². The smallest absolute Gasteiger partial charge is 0.339 e. The first kappa shape index (κ1) is 19.7. The second-order valence-corrected chi connectivity index (χ2v) is 6.62. The van der Waals surface area contributed by atoms with Gasteiger partial charge >= 0.3 is 5.97 Å². The van der Waals surface area contributed by atoms with Gasteiger partial charge in [0, 0.05) is 13.1 Å². The predicted octanol–water partition coefficient (Wildman–Crippen LogP) is 3.22. The minimum absolute atomic E-state index is 0.193. The number of hydrogen-bond donors (Lipinski definition) is 0. The zero-order valence-electron chi connectivity index (χ0n) is 16.4. The molecule has 1 unspecified atom stereocenters. The van der Waals surface area contributed by atoms with E-state index in [2.05, 4.69) is 6.07 Å². The van der Waals surface area contributed by atoms with Crippen LogP contribution in [0.4, 0.5) is 0 Å². The summed E-state index contributed by atoms with van der Waals surface area (Å²) in [5.41, 5.74) is 2.71. The standard InChI is InChI=1S/C22H25NO5/c1-4-27-20-13-17(9-10-19(20)26-3)22(25)28-15(2)21(24)23-12-11-16-7-5-6-8-18(16)14-23/h5-10,13,15H,4,11-12,14H2,1-3H3. The third-order valence-electron chi connectivity index (χ3n) is 4.77. The number of ether oxygens (including phenoxy) is 3. The number of methoxy groups -OCH3 is 1. The summed E-state index contributed by atoms with van der Waals surface area (Å²) in [7, 11) is 1.54. The van der Waals surface area contributed by atoms with Gasteiger partial charge in [0.05, 0.1) is 19.3 Å². The van der Waals surface area contributed by atoms with Gasteiger partial charge in [-0.3, -0.25) is 4.79 Å². The molecule has 2 aromatic rings. The van der Waals surface area contributed by atoms with Crippen LogP contribution in [-0.4, -0.2) is 43.1 Å². The molecule has 0 saturated carbocycles. The molecule has 1 atom stereocenters. The van der Waals surface area contributed by atoms with Crippen LogP contribution in [0.2, 0.25) is 0 Å². The maximum atomic E-state index is 12.7. The van der Waals surface area contributed by atoms with Crippen molar-refractivity contribution >= 4 is 11.9 Å². The minimum Gasteiger partial charge on any atom is -0.493 e. The highest BCUT2D eigenvalue weighted by Crippen LogP contribution is 2.28. The molecule has 3 rings (SSSR count). The van der Waals surface area contributed by atoms with Crippen molar-refractivity contribution in [1.29, 1.82) is 0 Å². The molecule has 0 spiro atoms. The normalized spacial score (nSPS) is 14.0. The van der Waals surface area contributed by atoms with Crippen LogP contribution in [-0.2, 0) is 22.5 Å². The topological polar surface area (TPSA) is 65.1 Å². The van der Waals surface area contributed by atoms with Gasteiger partial charge in [-0.15, -0.1) is 0 Å². The quantitative estimate of drug-likeness (QED) is 0.717. The van der Waals surface area contributed by atoms with E-state index in [0.717, 1.165) is 12.0 Å². The molecule has 28 heavy (non-hydrogen) atoms. The molecule has 1 heterocycles. The molecule has 0 N–H and O–H groups in total. The van der Waals surface area contributed by atoms with Crippen molar-refractivity contribution in [2.45, 2.75) is 32.9 Å². The first-order valence-electron chi connectivity index (χ1n) is 9.40. The van der Waals surface area contributed by atoms with Gasteiger partial charge in [0.15, 0.2) is 17.6 Å². The second-order valence-electron chi connectivity index (χ2n) is 6.62. The average molecular weight is 383 g/mol. The number of amides is 1. The molecule has 0 aromatic heterocycles. The molecule has 1 amide bonds. The summed E-state index contributed by atoms with van der Waals surface area (Å²) in [6.07, 6.45) is -0.0610. The van der Waals surface area contributed by atoms with Gasteiger partial charge in [-0.25, -0.2) is 4.79 Å². The molecule has 2 aromatic carbocycles. The lowest BCUT2D eigenvalue weighted by Crippen LogP contribution is -2.42. The van der Waals surface area contributed by atoms with Crippen LogP contribution < -0.4 is 9.47 Å². The highest BCUT2D eigenvalue weighted by molar-refractivity contribution is 5.93. The van der Waals surface area contributed by atoms with E-state index in [4.69, 9.17) is 14.2 Å². The Morgan fingerprint density at radius 1 is 1.11 bits per heavy atom. The largest absolute Gasteiger partial charge is 0.493 e. The van der Waals surface area contributed by atoms with Crippen molar-refractivity contribution in [2.24, 2.45) is 0 Å². The van der Waals surface area contributed by atoms with Gasteiger partial charge in [-0.1, -0.05) is 24.3 Å². The molecule has 1 aliphatic heterocycles. The average Bonchev–Trinajstić information content (AvgIpc) is 2.72. The van der Waals surface area contributed by atoms with Gasteiger partial charge in [-0.05, 0) is 49.6 Å². The molecule has 0 radical (unpaired) electrons. The fraction of sp³-hybridized carbons (Fsp3) is 0.364. The first-order valence-corrected chi connectivity index (χ1v) is 9.40. The van der Waals surface area contributed by atoms with Gasteiger partial charge in [0.2, 0.25) is 0 Å². The van der Waals surface area contributed by atoms with Crippen LogP contribution in [0.25, 0.3) is 0 Å².